The second kappa shape index (κ2) is 7.25. The van der Waals surface area contributed by atoms with E-state index < -0.39 is 0 Å². The number of aromatic nitrogens is 2. The molecule has 0 atom stereocenters. The minimum Gasteiger partial charge on any atom is -0.370 e. The van der Waals surface area contributed by atoms with Gasteiger partial charge in [-0.1, -0.05) is 37.6 Å². The molecule has 1 heterocycles. The second-order valence-electron chi connectivity index (χ2n) is 4.74. The number of nitrogens with one attached hydrogen (secondary N) is 1. The Bertz CT molecular complexity index is 552. The number of benzene rings is 1. The molecular weight excluding hydrogens is 270 g/mol. The third kappa shape index (κ3) is 4.20. The fourth-order valence-electron chi connectivity index (χ4n) is 1.94. The van der Waals surface area contributed by atoms with E-state index in [2.05, 4.69) is 29.1 Å². The first-order valence-corrected chi connectivity index (χ1v) is 7.44. The van der Waals surface area contributed by atoms with E-state index in [0.717, 1.165) is 48.2 Å². The highest BCUT2D eigenvalue weighted by Gasteiger charge is 2.05. The lowest BCUT2D eigenvalue weighted by Gasteiger charge is -2.09. The highest BCUT2D eigenvalue weighted by Crippen LogP contribution is 2.14. The van der Waals surface area contributed by atoms with Crippen molar-refractivity contribution in [2.45, 2.75) is 33.1 Å². The van der Waals surface area contributed by atoms with E-state index in [4.69, 9.17) is 11.6 Å². The number of nitrogens with zero attached hydrogens (tertiary/aromatic N) is 2. The molecule has 0 aliphatic carbocycles. The number of hydrogen-bond acceptors (Lipinski definition) is 3. The molecular formula is C16H20ClN3. The van der Waals surface area contributed by atoms with Crippen molar-refractivity contribution in [1.29, 1.82) is 0 Å². The van der Waals surface area contributed by atoms with Crippen molar-refractivity contribution in [2.75, 3.05) is 11.9 Å². The van der Waals surface area contributed by atoms with Crippen LogP contribution in [0.5, 0.6) is 0 Å². The summed E-state index contributed by atoms with van der Waals surface area (Å²) in [7, 11) is 0. The maximum Gasteiger partial charge on any atom is 0.135 e. The monoisotopic (exact) mass is 289 g/mol. The summed E-state index contributed by atoms with van der Waals surface area (Å²) in [5, 5.41) is 4.08. The van der Waals surface area contributed by atoms with Crippen molar-refractivity contribution in [3.63, 3.8) is 0 Å². The molecule has 0 unspecified atom stereocenters. The largest absolute Gasteiger partial charge is 0.370 e. The number of halogens is 1. The highest BCUT2D eigenvalue weighted by atomic mass is 35.5. The van der Waals surface area contributed by atoms with Crippen molar-refractivity contribution >= 4 is 17.4 Å². The maximum atomic E-state index is 5.90. The van der Waals surface area contributed by atoms with Crippen LogP contribution in [0.4, 0.5) is 5.82 Å². The van der Waals surface area contributed by atoms with Crippen LogP contribution in [0.25, 0.3) is 0 Å². The average Bonchev–Trinajstić information content (AvgIpc) is 2.47. The van der Waals surface area contributed by atoms with Crippen LogP contribution in [0.2, 0.25) is 5.02 Å². The zero-order valence-corrected chi connectivity index (χ0v) is 12.7. The Hall–Kier alpha value is -1.61. The van der Waals surface area contributed by atoms with Gasteiger partial charge in [-0.2, -0.15) is 0 Å². The molecule has 20 heavy (non-hydrogen) atoms. The predicted molar refractivity (Wildman–Crippen MR) is 84.4 cm³/mol. The number of aryl methyl sites for hydroxylation is 1. The van der Waals surface area contributed by atoms with E-state index in [1.165, 1.54) is 5.56 Å². The summed E-state index contributed by atoms with van der Waals surface area (Å²) < 4.78 is 0. The first-order valence-electron chi connectivity index (χ1n) is 7.06. The van der Waals surface area contributed by atoms with Crippen molar-refractivity contribution in [3.8, 4) is 0 Å². The molecule has 2 rings (SSSR count). The zero-order valence-electron chi connectivity index (χ0n) is 12.0. The first kappa shape index (κ1) is 14.8. The van der Waals surface area contributed by atoms with Crippen LogP contribution in [0.3, 0.4) is 0 Å². The molecule has 0 radical (unpaired) electrons. The second-order valence-corrected chi connectivity index (χ2v) is 5.18. The average molecular weight is 290 g/mol. The summed E-state index contributed by atoms with van der Waals surface area (Å²) in [4.78, 5) is 9.17. The molecule has 4 heteroatoms. The van der Waals surface area contributed by atoms with Crippen molar-refractivity contribution in [3.05, 3.63) is 52.4 Å². The molecule has 0 saturated heterocycles. The molecule has 3 nitrogen and oxygen atoms in total. The lowest BCUT2D eigenvalue weighted by molar-refractivity contribution is 0.892. The standard InChI is InChI=1S/C16H20ClN3/c1-3-9-18-15-11-14(4-2)19-16(20-15)10-12-5-7-13(17)8-6-12/h5-8,11H,3-4,9-10H2,1-2H3,(H,18,19,20). The Labute approximate surface area is 125 Å². The molecule has 0 fully saturated rings. The molecule has 0 aliphatic rings. The predicted octanol–water partition coefficient (Wildman–Crippen LogP) is 4.11. The smallest absolute Gasteiger partial charge is 0.135 e. The first-order chi connectivity index (χ1) is 9.71. The summed E-state index contributed by atoms with van der Waals surface area (Å²) in [5.41, 5.74) is 2.24. The van der Waals surface area contributed by atoms with Crippen LogP contribution >= 0.6 is 11.6 Å². The zero-order chi connectivity index (χ0) is 14.4. The molecule has 0 amide bonds. The lowest BCUT2D eigenvalue weighted by Crippen LogP contribution is -2.07. The van der Waals surface area contributed by atoms with Gasteiger partial charge >= 0.3 is 0 Å². The summed E-state index contributed by atoms with van der Waals surface area (Å²) >= 11 is 5.90. The third-order valence-corrected chi connectivity index (χ3v) is 3.27. The Morgan fingerprint density at radius 2 is 1.85 bits per heavy atom. The number of hydrogen-bond donors (Lipinski definition) is 1. The van der Waals surface area contributed by atoms with Crippen LogP contribution in [-0.2, 0) is 12.8 Å². The highest BCUT2D eigenvalue weighted by molar-refractivity contribution is 6.30. The third-order valence-electron chi connectivity index (χ3n) is 3.02. The van der Waals surface area contributed by atoms with Gasteiger partial charge in [-0.25, -0.2) is 9.97 Å². The molecule has 2 aromatic rings. The fraction of sp³-hybridized carbons (Fsp3) is 0.375. The molecule has 1 aromatic carbocycles. The van der Waals surface area contributed by atoms with Gasteiger partial charge in [0.2, 0.25) is 0 Å². The van der Waals surface area contributed by atoms with E-state index in [1.807, 2.05) is 30.3 Å². The molecule has 106 valence electrons. The van der Waals surface area contributed by atoms with E-state index in [0.29, 0.717) is 0 Å². The van der Waals surface area contributed by atoms with Gasteiger partial charge in [-0.3, -0.25) is 0 Å². The van der Waals surface area contributed by atoms with E-state index in [1.54, 1.807) is 0 Å². The van der Waals surface area contributed by atoms with Crippen LogP contribution < -0.4 is 5.32 Å². The van der Waals surface area contributed by atoms with Crippen LogP contribution in [0, 0.1) is 0 Å². The van der Waals surface area contributed by atoms with E-state index in [-0.39, 0.29) is 0 Å². The van der Waals surface area contributed by atoms with Crippen LogP contribution in [-0.4, -0.2) is 16.5 Å². The van der Waals surface area contributed by atoms with Gasteiger partial charge in [0.25, 0.3) is 0 Å². The van der Waals surface area contributed by atoms with Crippen molar-refractivity contribution in [2.24, 2.45) is 0 Å². The van der Waals surface area contributed by atoms with Gasteiger partial charge in [0.1, 0.15) is 11.6 Å². The molecule has 1 aromatic heterocycles. The minimum absolute atomic E-state index is 0.728. The van der Waals surface area contributed by atoms with Crippen molar-refractivity contribution < 1.29 is 0 Å². The molecule has 0 bridgehead atoms. The summed E-state index contributed by atoms with van der Waals surface area (Å²) in [5.74, 6) is 1.77. The Balaban J connectivity index is 2.19. The fourth-order valence-corrected chi connectivity index (χ4v) is 2.07. The van der Waals surface area contributed by atoms with Gasteiger partial charge in [0, 0.05) is 29.7 Å². The number of rotatable bonds is 6. The number of anilines is 1. The molecule has 0 aliphatic heterocycles. The van der Waals surface area contributed by atoms with Gasteiger partial charge in [-0.15, -0.1) is 0 Å². The normalized spacial score (nSPS) is 10.6. The Kier molecular flexibility index (Phi) is 5.36. The van der Waals surface area contributed by atoms with Gasteiger partial charge in [-0.05, 0) is 30.5 Å². The SMILES string of the molecule is CCCNc1cc(CC)nc(Cc2ccc(Cl)cc2)n1. The summed E-state index contributed by atoms with van der Waals surface area (Å²) in [6.45, 7) is 5.18. The Morgan fingerprint density at radius 3 is 2.50 bits per heavy atom. The summed E-state index contributed by atoms with van der Waals surface area (Å²) in [6.07, 6.45) is 2.72. The van der Waals surface area contributed by atoms with E-state index >= 15 is 0 Å². The maximum absolute atomic E-state index is 5.90. The van der Waals surface area contributed by atoms with E-state index in [9.17, 15) is 0 Å². The van der Waals surface area contributed by atoms with Crippen molar-refractivity contribution in [1.82, 2.24) is 9.97 Å². The summed E-state index contributed by atoms with van der Waals surface area (Å²) in [6, 6.07) is 9.86. The van der Waals surface area contributed by atoms with Gasteiger partial charge in [0.05, 0.1) is 0 Å². The van der Waals surface area contributed by atoms with Gasteiger partial charge in [0.15, 0.2) is 0 Å². The molecule has 0 spiro atoms. The molecule has 1 N–H and O–H groups in total. The molecule has 0 saturated carbocycles. The Morgan fingerprint density at radius 1 is 1.10 bits per heavy atom. The van der Waals surface area contributed by atoms with Crippen LogP contribution in [0.1, 0.15) is 37.4 Å². The van der Waals surface area contributed by atoms with Gasteiger partial charge < -0.3 is 5.32 Å². The topological polar surface area (TPSA) is 37.8 Å². The van der Waals surface area contributed by atoms with Crippen LogP contribution in [0.15, 0.2) is 30.3 Å². The quantitative estimate of drug-likeness (QED) is 0.870. The lowest BCUT2D eigenvalue weighted by atomic mass is 10.1. The minimum atomic E-state index is 0.728.